The molecule has 236 valence electrons. The number of anilines is 1. The lowest BCUT2D eigenvalue weighted by atomic mass is 9.91. The molecule has 4 saturated heterocycles. The minimum Gasteiger partial charge on any atom is -0.508 e. The minimum atomic E-state index is -0.902. The van der Waals surface area contributed by atoms with E-state index in [1.807, 2.05) is 0 Å². The van der Waals surface area contributed by atoms with Gasteiger partial charge < -0.3 is 24.8 Å². The zero-order valence-electron chi connectivity index (χ0n) is 25.2. The summed E-state index contributed by atoms with van der Waals surface area (Å²) in [6.45, 7) is 5.02. The first kappa shape index (κ1) is 28.8. The van der Waals surface area contributed by atoms with Crippen molar-refractivity contribution < 1.29 is 27.8 Å². The van der Waals surface area contributed by atoms with Crippen LogP contribution in [-0.2, 0) is 11.2 Å². The fraction of sp³-hybridized carbons (Fsp3) is 0.471. The van der Waals surface area contributed by atoms with Gasteiger partial charge in [-0.1, -0.05) is 13.0 Å². The summed E-state index contributed by atoms with van der Waals surface area (Å²) in [4.78, 5) is 13.7. The lowest BCUT2D eigenvalue weighted by molar-refractivity contribution is 0.0359. The first-order valence-corrected chi connectivity index (χ1v) is 16.0. The molecule has 11 heteroatoms. The van der Waals surface area contributed by atoms with Gasteiger partial charge in [0, 0.05) is 43.1 Å². The Morgan fingerprint density at radius 1 is 1.02 bits per heavy atom. The fourth-order valence-corrected chi connectivity index (χ4v) is 7.94. The van der Waals surface area contributed by atoms with E-state index in [-0.39, 0.29) is 52.1 Å². The summed E-state index contributed by atoms with van der Waals surface area (Å²) in [6.07, 6.45) is 5.47. The van der Waals surface area contributed by atoms with Crippen LogP contribution in [0.4, 0.5) is 19.0 Å². The Hall–Kier alpha value is -3.67. The number of hydrogen-bond acceptors (Lipinski definition) is 8. The summed E-state index contributed by atoms with van der Waals surface area (Å²) in [6, 6.07) is 7.87. The average molecular weight is 620 g/mol. The number of aromatic nitrogens is 2. The van der Waals surface area contributed by atoms with Crippen LogP contribution in [-0.4, -0.2) is 77.2 Å². The largest absolute Gasteiger partial charge is 0.508 e. The second kappa shape index (κ2) is 11.3. The number of aryl methyl sites for hydroxylation is 1. The number of benzene rings is 3. The van der Waals surface area contributed by atoms with E-state index in [0.29, 0.717) is 54.3 Å². The molecule has 8 rings (SSSR count). The third-order valence-corrected chi connectivity index (χ3v) is 9.99. The zero-order chi connectivity index (χ0) is 30.8. The third-order valence-electron chi connectivity index (χ3n) is 9.99. The maximum Gasteiger partial charge on any atom is 0.319 e. The van der Waals surface area contributed by atoms with E-state index in [1.165, 1.54) is 30.3 Å². The van der Waals surface area contributed by atoms with Crippen LogP contribution in [0.15, 0.2) is 30.3 Å². The number of nitrogens with one attached hydrogen (secondary N) is 1. The molecular weight excluding hydrogens is 583 g/mol. The minimum absolute atomic E-state index is 0.0292. The molecule has 0 amide bonds. The maximum absolute atomic E-state index is 16.8. The lowest BCUT2D eigenvalue weighted by Crippen LogP contribution is -2.51. The van der Waals surface area contributed by atoms with Crippen molar-refractivity contribution in [2.24, 2.45) is 0 Å². The molecule has 1 aromatic heterocycles. The number of rotatable bonds is 8. The highest BCUT2D eigenvalue weighted by Gasteiger charge is 2.40. The number of phenols is 1. The molecular formula is C34H36F3N5O3. The molecule has 4 bridgehead atoms. The van der Waals surface area contributed by atoms with E-state index in [2.05, 4.69) is 20.1 Å². The Kier molecular flexibility index (Phi) is 7.22. The number of halogens is 3. The zero-order valence-corrected chi connectivity index (χ0v) is 25.2. The van der Waals surface area contributed by atoms with E-state index in [0.717, 1.165) is 45.3 Å². The van der Waals surface area contributed by atoms with Crippen molar-refractivity contribution in [3.63, 3.8) is 0 Å². The normalized spacial score (nSPS) is 24.4. The molecule has 0 saturated carbocycles. The number of phenolic OH excluding ortho intramolecular Hbond substituents is 1. The summed E-state index contributed by atoms with van der Waals surface area (Å²) >= 11 is 0. The SMILES string of the molecule is CCc1c(F)ccc2cc(O)cc(-c3c(F)cc4c(N5CC6CCC(C5)N6)nc(OCCCN5C6CCC5OC6)nc4c3F)c12. The Morgan fingerprint density at radius 3 is 2.56 bits per heavy atom. The molecule has 4 aliphatic rings. The number of ether oxygens (including phenoxy) is 2. The maximum atomic E-state index is 16.8. The molecule has 5 heterocycles. The van der Waals surface area contributed by atoms with Crippen molar-refractivity contribution in [3.05, 3.63) is 53.3 Å². The van der Waals surface area contributed by atoms with Gasteiger partial charge in [0.15, 0.2) is 5.82 Å². The molecule has 3 aromatic carbocycles. The second-order valence-electron chi connectivity index (χ2n) is 12.7. The van der Waals surface area contributed by atoms with Gasteiger partial charge in [0.2, 0.25) is 0 Å². The van der Waals surface area contributed by atoms with Gasteiger partial charge in [-0.2, -0.15) is 9.97 Å². The van der Waals surface area contributed by atoms with Crippen LogP contribution in [0, 0.1) is 17.5 Å². The first-order chi connectivity index (χ1) is 21.9. The lowest BCUT2D eigenvalue weighted by Gasteiger charge is -2.34. The fourth-order valence-electron chi connectivity index (χ4n) is 7.94. The van der Waals surface area contributed by atoms with Gasteiger partial charge in [-0.05, 0) is 84.7 Å². The van der Waals surface area contributed by atoms with Crippen molar-refractivity contribution in [2.75, 3.05) is 37.7 Å². The standard InChI is InChI=1S/C34H36F3N5O3/c1-2-23-26(35)8-4-18-12-22(43)13-24(29(18)23)30-27(36)14-25-32(31(30)37)39-34(40-33(25)41-15-19-5-6-20(16-41)38-19)44-11-3-10-42-21-7-9-28(42)45-17-21/h4,8,12-14,19-21,28,38,43H,2-3,5-7,9-11,15-17H2,1H3. The second-order valence-corrected chi connectivity index (χ2v) is 12.7. The number of hydrogen-bond donors (Lipinski definition) is 2. The Bertz CT molecular complexity index is 1770. The van der Waals surface area contributed by atoms with E-state index in [1.54, 1.807) is 6.92 Å². The molecule has 4 atom stereocenters. The predicted octanol–water partition coefficient (Wildman–Crippen LogP) is 5.67. The molecule has 45 heavy (non-hydrogen) atoms. The van der Waals surface area contributed by atoms with Gasteiger partial charge in [-0.3, -0.25) is 4.90 Å². The van der Waals surface area contributed by atoms with Gasteiger partial charge in [0.05, 0.1) is 18.8 Å². The average Bonchev–Trinajstić information content (AvgIpc) is 3.72. The van der Waals surface area contributed by atoms with Crippen molar-refractivity contribution in [1.82, 2.24) is 20.2 Å². The molecule has 4 fully saturated rings. The summed E-state index contributed by atoms with van der Waals surface area (Å²) in [7, 11) is 0. The topological polar surface area (TPSA) is 83.0 Å². The molecule has 0 spiro atoms. The molecule has 4 aromatic rings. The van der Waals surface area contributed by atoms with Gasteiger partial charge in [-0.15, -0.1) is 0 Å². The van der Waals surface area contributed by atoms with Crippen LogP contribution in [0.5, 0.6) is 11.8 Å². The van der Waals surface area contributed by atoms with Gasteiger partial charge >= 0.3 is 6.01 Å². The predicted molar refractivity (Wildman–Crippen MR) is 165 cm³/mol. The van der Waals surface area contributed by atoms with E-state index < -0.39 is 17.5 Å². The number of fused-ring (bicyclic) bond motifs is 6. The molecule has 0 aliphatic carbocycles. The Morgan fingerprint density at radius 2 is 1.84 bits per heavy atom. The van der Waals surface area contributed by atoms with Crippen LogP contribution in [0.2, 0.25) is 0 Å². The van der Waals surface area contributed by atoms with Gasteiger partial charge in [0.25, 0.3) is 0 Å². The molecule has 4 unspecified atom stereocenters. The number of piperazine rings is 1. The van der Waals surface area contributed by atoms with Crippen molar-refractivity contribution in [1.29, 1.82) is 0 Å². The van der Waals surface area contributed by atoms with Crippen LogP contribution >= 0.6 is 0 Å². The monoisotopic (exact) mass is 619 g/mol. The van der Waals surface area contributed by atoms with Crippen molar-refractivity contribution >= 4 is 27.5 Å². The van der Waals surface area contributed by atoms with Gasteiger partial charge in [-0.25, -0.2) is 13.2 Å². The smallest absolute Gasteiger partial charge is 0.319 e. The first-order valence-electron chi connectivity index (χ1n) is 16.0. The Balaban J connectivity index is 1.22. The van der Waals surface area contributed by atoms with Crippen LogP contribution in [0.1, 0.15) is 44.6 Å². The summed E-state index contributed by atoms with van der Waals surface area (Å²) in [5, 5.41) is 15.2. The molecule has 8 nitrogen and oxygen atoms in total. The van der Waals surface area contributed by atoms with Crippen molar-refractivity contribution in [3.8, 4) is 22.9 Å². The summed E-state index contributed by atoms with van der Waals surface area (Å²) in [5.74, 6) is -1.95. The highest BCUT2D eigenvalue weighted by Crippen LogP contribution is 2.42. The van der Waals surface area contributed by atoms with Gasteiger partial charge in [0.1, 0.15) is 34.9 Å². The Labute approximate surface area is 259 Å². The number of aromatic hydroxyl groups is 1. The molecule has 2 N–H and O–H groups in total. The number of nitrogens with zero attached hydrogens (tertiary/aromatic N) is 4. The summed E-state index contributed by atoms with van der Waals surface area (Å²) in [5.41, 5.74) is -0.0520. The summed E-state index contributed by atoms with van der Waals surface area (Å²) < 4.78 is 59.8. The van der Waals surface area contributed by atoms with E-state index in [9.17, 15) is 9.50 Å². The van der Waals surface area contributed by atoms with Crippen LogP contribution in [0.25, 0.3) is 32.8 Å². The van der Waals surface area contributed by atoms with Crippen LogP contribution in [0.3, 0.4) is 0 Å². The highest BCUT2D eigenvalue weighted by atomic mass is 19.1. The van der Waals surface area contributed by atoms with Crippen LogP contribution < -0.4 is 15.0 Å². The molecule has 4 aliphatic heterocycles. The van der Waals surface area contributed by atoms with E-state index >= 15 is 8.78 Å². The highest BCUT2D eigenvalue weighted by molar-refractivity contribution is 6.03. The third kappa shape index (κ3) is 4.96. The molecule has 0 radical (unpaired) electrons. The van der Waals surface area contributed by atoms with Crippen molar-refractivity contribution in [2.45, 2.75) is 69.8 Å². The van der Waals surface area contributed by atoms with E-state index in [4.69, 9.17) is 14.5 Å². The quantitative estimate of drug-likeness (QED) is 0.245.